The second-order valence-corrected chi connectivity index (χ2v) is 8.16. The number of benzene rings is 1. The fourth-order valence-electron chi connectivity index (χ4n) is 2.88. The third kappa shape index (κ3) is 5.97. The van der Waals surface area contributed by atoms with Crippen LogP contribution in [-0.2, 0) is 10.5 Å². The molecule has 0 aliphatic heterocycles. The lowest BCUT2D eigenvalue weighted by Crippen LogP contribution is -2.53. The number of hydrogen-bond acceptors (Lipinski definition) is 5. The van der Waals surface area contributed by atoms with Crippen LogP contribution in [0, 0.1) is 11.3 Å². The number of amides is 1. The van der Waals surface area contributed by atoms with Crippen molar-refractivity contribution < 1.29 is 18.0 Å². The molecule has 158 valence electrons. The van der Waals surface area contributed by atoms with Crippen molar-refractivity contribution >= 4 is 17.7 Å². The molecule has 1 fully saturated rings. The van der Waals surface area contributed by atoms with Gasteiger partial charge in [-0.1, -0.05) is 36.4 Å². The molecule has 1 amide bonds. The van der Waals surface area contributed by atoms with Gasteiger partial charge in [-0.15, -0.1) is 0 Å². The van der Waals surface area contributed by atoms with Crippen molar-refractivity contribution in [1.29, 1.82) is 5.26 Å². The maximum atomic E-state index is 13.7. The number of thioether (sulfide) groups is 1. The van der Waals surface area contributed by atoms with Gasteiger partial charge in [0.2, 0.25) is 5.91 Å². The van der Waals surface area contributed by atoms with Gasteiger partial charge in [0.25, 0.3) is 0 Å². The average Bonchev–Trinajstić information content (AvgIpc) is 3.51. The Morgan fingerprint density at radius 3 is 2.47 bits per heavy atom. The lowest BCUT2D eigenvalue weighted by atomic mass is 10.1. The number of carbonyl (C=O) groups is 1. The monoisotopic (exact) mass is 434 g/mol. The Balaban J connectivity index is 1.74. The molecular weight excluding hydrogens is 413 g/mol. The molecule has 1 aliphatic carbocycles. The Bertz CT molecular complexity index is 883. The number of carbonyl (C=O) groups excluding carboxylic acids is 1. The third-order valence-corrected chi connectivity index (χ3v) is 5.82. The molecule has 5 nitrogen and oxygen atoms in total. The molecule has 0 bridgehead atoms. The molecule has 2 N–H and O–H groups in total. The molecule has 2 atom stereocenters. The lowest BCUT2D eigenvalue weighted by Gasteiger charge is -2.27. The molecule has 0 spiro atoms. The first kappa shape index (κ1) is 22.1. The van der Waals surface area contributed by atoms with E-state index in [0.29, 0.717) is 18.6 Å². The molecule has 0 unspecified atom stereocenters. The van der Waals surface area contributed by atoms with Gasteiger partial charge >= 0.3 is 6.18 Å². The van der Waals surface area contributed by atoms with Gasteiger partial charge in [-0.25, -0.2) is 0 Å². The van der Waals surface area contributed by atoms with Crippen LogP contribution in [0.25, 0.3) is 0 Å². The zero-order valence-corrected chi connectivity index (χ0v) is 16.8. The summed E-state index contributed by atoms with van der Waals surface area (Å²) >= 11 is 1.35. The van der Waals surface area contributed by atoms with Gasteiger partial charge in [0.1, 0.15) is 11.6 Å². The van der Waals surface area contributed by atoms with E-state index in [1.807, 2.05) is 36.4 Å². The van der Waals surface area contributed by atoms with Crippen LogP contribution in [0.3, 0.4) is 0 Å². The SMILES string of the molecule is N#CC1(NC(=O)[C@H](CSCc2ccccc2)N[C@H](c2ccccn2)C(F)(F)F)CC1. The van der Waals surface area contributed by atoms with Crippen LogP contribution in [0.2, 0.25) is 0 Å². The first-order chi connectivity index (χ1) is 14.3. The van der Waals surface area contributed by atoms with Crippen LogP contribution < -0.4 is 10.6 Å². The zero-order valence-electron chi connectivity index (χ0n) is 16.0. The molecule has 1 aromatic carbocycles. The standard InChI is InChI=1S/C21H21F3N4OS/c22-21(23,24)18(16-8-4-5-11-26-16)27-17(19(29)28-20(14-25)9-10-20)13-30-12-15-6-2-1-3-7-15/h1-8,11,17-18,27H,9-10,12-13H2,(H,28,29)/t17-,18+/m0/s1. The summed E-state index contributed by atoms with van der Waals surface area (Å²) in [6, 6.07) is 12.5. The van der Waals surface area contributed by atoms with Crippen molar-refractivity contribution in [3.63, 3.8) is 0 Å². The molecule has 9 heteroatoms. The topological polar surface area (TPSA) is 77.8 Å². The molecule has 3 rings (SSSR count). The maximum absolute atomic E-state index is 13.7. The highest BCUT2D eigenvalue weighted by Gasteiger charge is 2.47. The molecule has 0 radical (unpaired) electrons. The van der Waals surface area contributed by atoms with Crippen molar-refractivity contribution in [3.05, 3.63) is 66.0 Å². The molecule has 2 aromatic rings. The molecule has 1 aliphatic rings. The number of hydrogen-bond donors (Lipinski definition) is 2. The van der Waals surface area contributed by atoms with Gasteiger partial charge in [-0.3, -0.25) is 15.1 Å². The Hall–Kier alpha value is -2.57. The second-order valence-electron chi connectivity index (χ2n) is 7.13. The number of nitrogens with one attached hydrogen (secondary N) is 2. The smallest absolute Gasteiger partial charge is 0.336 e. The predicted molar refractivity (Wildman–Crippen MR) is 108 cm³/mol. The molecule has 1 heterocycles. The largest absolute Gasteiger partial charge is 0.409 e. The van der Waals surface area contributed by atoms with E-state index in [-0.39, 0.29) is 11.4 Å². The van der Waals surface area contributed by atoms with Gasteiger partial charge in [0.05, 0.1) is 17.8 Å². The molecule has 0 saturated heterocycles. The summed E-state index contributed by atoms with van der Waals surface area (Å²) in [6.07, 6.45) is -2.35. The van der Waals surface area contributed by atoms with Crippen molar-refractivity contribution in [3.8, 4) is 6.07 Å². The van der Waals surface area contributed by atoms with Crippen LogP contribution in [0.5, 0.6) is 0 Å². The molecule has 1 saturated carbocycles. The van der Waals surface area contributed by atoms with E-state index >= 15 is 0 Å². The van der Waals surface area contributed by atoms with Crippen LogP contribution in [0.4, 0.5) is 13.2 Å². The normalized spacial score (nSPS) is 16.9. The van der Waals surface area contributed by atoms with E-state index < -0.39 is 29.7 Å². The molecule has 1 aromatic heterocycles. The first-order valence-electron chi connectivity index (χ1n) is 9.42. The van der Waals surface area contributed by atoms with Gasteiger partial charge in [-0.05, 0) is 30.5 Å². The first-order valence-corrected chi connectivity index (χ1v) is 10.6. The average molecular weight is 434 g/mol. The number of halogens is 3. The minimum Gasteiger partial charge on any atom is -0.336 e. The summed E-state index contributed by atoms with van der Waals surface area (Å²) in [7, 11) is 0. The fraction of sp³-hybridized carbons (Fsp3) is 0.381. The van der Waals surface area contributed by atoms with E-state index in [0.717, 1.165) is 5.56 Å². The quantitative estimate of drug-likeness (QED) is 0.629. The maximum Gasteiger partial charge on any atom is 0.409 e. The van der Waals surface area contributed by atoms with Crippen molar-refractivity contribution in [2.75, 3.05) is 5.75 Å². The van der Waals surface area contributed by atoms with Crippen LogP contribution in [0.15, 0.2) is 54.7 Å². The summed E-state index contributed by atoms with van der Waals surface area (Å²) in [5.41, 5.74) is -0.161. The Morgan fingerprint density at radius 2 is 1.90 bits per heavy atom. The Morgan fingerprint density at radius 1 is 1.20 bits per heavy atom. The van der Waals surface area contributed by atoms with Crippen LogP contribution >= 0.6 is 11.8 Å². The summed E-state index contributed by atoms with van der Waals surface area (Å²) in [5.74, 6) is 0.0530. The van der Waals surface area contributed by atoms with E-state index in [1.54, 1.807) is 0 Å². The van der Waals surface area contributed by atoms with Gasteiger partial charge in [0, 0.05) is 17.7 Å². The zero-order chi connectivity index (χ0) is 21.6. The van der Waals surface area contributed by atoms with E-state index in [4.69, 9.17) is 0 Å². The minimum atomic E-state index is -4.64. The van der Waals surface area contributed by atoms with Crippen molar-refractivity contribution in [2.24, 2.45) is 0 Å². The summed E-state index contributed by atoms with van der Waals surface area (Å²) in [5, 5.41) is 14.3. The number of alkyl halides is 3. The highest BCUT2D eigenvalue weighted by Crippen LogP contribution is 2.35. The fourth-order valence-corrected chi connectivity index (χ4v) is 3.91. The molecule has 30 heavy (non-hydrogen) atoms. The summed E-state index contributed by atoms with van der Waals surface area (Å²) in [4.78, 5) is 16.6. The van der Waals surface area contributed by atoms with Gasteiger partial charge in [-0.2, -0.15) is 30.2 Å². The lowest BCUT2D eigenvalue weighted by molar-refractivity contribution is -0.161. The summed E-state index contributed by atoms with van der Waals surface area (Å²) < 4.78 is 41.2. The van der Waals surface area contributed by atoms with E-state index in [2.05, 4.69) is 15.6 Å². The number of pyridine rings is 1. The van der Waals surface area contributed by atoms with Crippen molar-refractivity contribution in [1.82, 2.24) is 15.6 Å². The summed E-state index contributed by atoms with van der Waals surface area (Å²) in [6.45, 7) is 0. The van der Waals surface area contributed by atoms with E-state index in [1.165, 1.54) is 36.2 Å². The van der Waals surface area contributed by atoms with Crippen molar-refractivity contribution in [2.45, 2.75) is 42.4 Å². The number of nitriles is 1. The van der Waals surface area contributed by atoms with Crippen LogP contribution in [0.1, 0.15) is 30.1 Å². The van der Waals surface area contributed by atoms with E-state index in [9.17, 15) is 23.2 Å². The second kappa shape index (κ2) is 9.49. The highest BCUT2D eigenvalue weighted by molar-refractivity contribution is 7.98. The molecular formula is C21H21F3N4OS. The third-order valence-electron chi connectivity index (χ3n) is 4.72. The van der Waals surface area contributed by atoms with Gasteiger partial charge < -0.3 is 5.32 Å². The Kier molecular flexibility index (Phi) is 7.00. The van der Waals surface area contributed by atoms with Gasteiger partial charge in [0.15, 0.2) is 0 Å². The highest BCUT2D eigenvalue weighted by atomic mass is 32.2. The minimum absolute atomic E-state index is 0.113. The van der Waals surface area contributed by atoms with Crippen LogP contribution in [-0.4, -0.2) is 34.4 Å². The number of nitrogens with zero attached hydrogens (tertiary/aromatic N) is 2. The number of aromatic nitrogens is 1. The predicted octanol–water partition coefficient (Wildman–Crippen LogP) is 3.75. The number of rotatable bonds is 9. The Labute approximate surface area is 177 Å².